The minimum Gasteiger partial charge on any atom is -0.339 e. The summed E-state index contributed by atoms with van der Waals surface area (Å²) in [4.78, 5) is 12.4. The first kappa shape index (κ1) is 15.1. The highest BCUT2D eigenvalue weighted by Crippen LogP contribution is 2.25. The summed E-state index contributed by atoms with van der Waals surface area (Å²) in [5.41, 5.74) is 3.91. The highest BCUT2D eigenvalue weighted by Gasteiger charge is 2.07. The summed E-state index contributed by atoms with van der Waals surface area (Å²) in [6.07, 6.45) is 25.9. The lowest BCUT2D eigenvalue weighted by atomic mass is 10.1. The van der Waals surface area contributed by atoms with Gasteiger partial charge >= 0.3 is 0 Å². The molecule has 0 amide bonds. The molecule has 3 aromatic rings. The summed E-state index contributed by atoms with van der Waals surface area (Å²) in [7, 11) is 0. The van der Waals surface area contributed by atoms with Crippen LogP contribution in [0.2, 0.25) is 0 Å². The maximum absolute atomic E-state index is 4.81. The fourth-order valence-corrected chi connectivity index (χ4v) is 2.77. The number of rotatable bonds is 1. The van der Waals surface area contributed by atoms with Gasteiger partial charge in [0.05, 0.1) is 11.2 Å². The maximum Gasteiger partial charge on any atom is 0.139 e. The van der Waals surface area contributed by atoms with Crippen molar-refractivity contribution in [2.45, 2.75) is 0 Å². The maximum atomic E-state index is 4.81. The lowest BCUT2D eigenvalue weighted by Gasteiger charge is -2.01. The molecule has 0 fully saturated rings. The molecule has 0 radical (unpaired) electrons. The molecule has 0 aromatic carbocycles. The van der Waals surface area contributed by atoms with E-state index < -0.39 is 0 Å². The van der Waals surface area contributed by atoms with Gasteiger partial charge in [0.2, 0.25) is 0 Å². The van der Waals surface area contributed by atoms with E-state index in [1.165, 1.54) is 0 Å². The van der Waals surface area contributed by atoms with Crippen LogP contribution in [0.1, 0.15) is 5.69 Å². The van der Waals surface area contributed by atoms with Gasteiger partial charge in [0.25, 0.3) is 0 Å². The van der Waals surface area contributed by atoms with Crippen molar-refractivity contribution in [1.29, 1.82) is 0 Å². The molecule has 3 aromatic heterocycles. The van der Waals surface area contributed by atoms with E-state index in [1.54, 1.807) is 6.20 Å². The van der Waals surface area contributed by atoms with Crippen molar-refractivity contribution in [3.63, 3.8) is 0 Å². The van der Waals surface area contributed by atoms with Crippen LogP contribution in [0, 0.1) is 0 Å². The molecule has 0 saturated heterocycles. The Labute approximate surface area is 146 Å². The first-order chi connectivity index (χ1) is 12.4. The number of hydrogen-bond donors (Lipinski definition) is 1. The summed E-state index contributed by atoms with van der Waals surface area (Å²) < 4.78 is 0. The predicted octanol–water partition coefficient (Wildman–Crippen LogP) is 5.29. The largest absolute Gasteiger partial charge is 0.339 e. The van der Waals surface area contributed by atoms with Crippen LogP contribution in [-0.4, -0.2) is 15.0 Å². The summed E-state index contributed by atoms with van der Waals surface area (Å²) in [5, 5.41) is 2.19. The van der Waals surface area contributed by atoms with Gasteiger partial charge in [0, 0.05) is 28.7 Å². The van der Waals surface area contributed by atoms with Gasteiger partial charge in [-0.15, -0.1) is 0 Å². The van der Waals surface area contributed by atoms with Crippen LogP contribution in [0.5, 0.6) is 0 Å². The van der Waals surface area contributed by atoms with Gasteiger partial charge in [0.1, 0.15) is 5.65 Å². The molecule has 0 atom stereocenters. The Morgan fingerprint density at radius 2 is 1.48 bits per heavy atom. The second kappa shape index (κ2) is 6.97. The molecule has 1 aliphatic carbocycles. The number of fused-ring (bicyclic) bond motifs is 3. The van der Waals surface area contributed by atoms with Gasteiger partial charge in [-0.3, -0.25) is 4.98 Å². The zero-order valence-electron chi connectivity index (χ0n) is 13.6. The molecule has 0 spiro atoms. The van der Waals surface area contributed by atoms with Crippen LogP contribution in [0.4, 0.5) is 0 Å². The van der Waals surface area contributed by atoms with Crippen LogP contribution in [0.3, 0.4) is 0 Å². The number of nitrogens with zero attached hydrogens (tertiary/aromatic N) is 2. The second-order valence-corrected chi connectivity index (χ2v) is 5.66. The highest BCUT2D eigenvalue weighted by molar-refractivity contribution is 6.05. The lowest BCUT2D eigenvalue weighted by Crippen LogP contribution is -1.87. The predicted molar refractivity (Wildman–Crippen MR) is 105 cm³/mol. The minimum atomic E-state index is 0.878. The lowest BCUT2D eigenvalue weighted by molar-refractivity contribution is 1.30. The number of H-pyrrole nitrogens is 1. The van der Waals surface area contributed by atoms with Crippen molar-refractivity contribution < 1.29 is 0 Å². The first-order valence-electron chi connectivity index (χ1n) is 8.20. The molecule has 3 nitrogen and oxygen atoms in total. The van der Waals surface area contributed by atoms with Crippen LogP contribution in [0.25, 0.3) is 27.5 Å². The Bertz CT molecular complexity index is 1090. The third-order valence-corrected chi connectivity index (χ3v) is 4.00. The van der Waals surface area contributed by atoms with Crippen molar-refractivity contribution in [3.05, 3.63) is 103 Å². The van der Waals surface area contributed by atoms with E-state index in [1.807, 2.05) is 66.9 Å². The Balaban J connectivity index is 1.79. The Hall–Kier alpha value is -3.46. The summed E-state index contributed by atoms with van der Waals surface area (Å²) in [6.45, 7) is 0. The first-order valence-corrected chi connectivity index (χ1v) is 8.20. The van der Waals surface area contributed by atoms with Crippen molar-refractivity contribution in [2.75, 3.05) is 0 Å². The Morgan fingerprint density at radius 3 is 2.32 bits per heavy atom. The SMILES string of the molecule is C1=C\C=C/C=C\C(c2ccc3c(n2)[nH]c2ccncc23)=C/C=C\C=C1. The van der Waals surface area contributed by atoms with Crippen molar-refractivity contribution in [3.8, 4) is 0 Å². The van der Waals surface area contributed by atoms with E-state index >= 15 is 0 Å². The second-order valence-electron chi connectivity index (χ2n) is 5.66. The highest BCUT2D eigenvalue weighted by atomic mass is 14.9. The van der Waals surface area contributed by atoms with E-state index in [-0.39, 0.29) is 0 Å². The molecule has 0 unspecified atom stereocenters. The fourth-order valence-electron chi connectivity index (χ4n) is 2.77. The van der Waals surface area contributed by atoms with Crippen LogP contribution in [0.15, 0.2) is 97.4 Å². The molecule has 1 N–H and O–H groups in total. The van der Waals surface area contributed by atoms with Gasteiger partial charge in [0.15, 0.2) is 0 Å². The van der Waals surface area contributed by atoms with Crippen molar-refractivity contribution in [1.82, 2.24) is 15.0 Å². The smallest absolute Gasteiger partial charge is 0.139 e. The normalized spacial score (nSPS) is 20.6. The van der Waals surface area contributed by atoms with E-state index in [9.17, 15) is 0 Å². The van der Waals surface area contributed by atoms with Crippen LogP contribution >= 0.6 is 0 Å². The molecular formula is C22H17N3. The number of allylic oxidation sites excluding steroid dienone is 12. The van der Waals surface area contributed by atoms with Gasteiger partial charge < -0.3 is 4.98 Å². The number of pyridine rings is 2. The van der Waals surface area contributed by atoms with E-state index in [0.29, 0.717) is 0 Å². The summed E-state index contributed by atoms with van der Waals surface area (Å²) >= 11 is 0. The zero-order chi connectivity index (χ0) is 16.9. The van der Waals surface area contributed by atoms with Gasteiger partial charge in [-0.25, -0.2) is 4.98 Å². The molecule has 25 heavy (non-hydrogen) atoms. The van der Waals surface area contributed by atoms with Gasteiger partial charge in [-0.1, -0.05) is 66.8 Å². The number of aromatic amines is 1. The number of aromatic nitrogens is 3. The Kier molecular flexibility index (Phi) is 4.21. The summed E-state index contributed by atoms with van der Waals surface area (Å²) in [5.74, 6) is 0. The molecule has 0 saturated carbocycles. The Morgan fingerprint density at radius 1 is 0.720 bits per heavy atom. The molecule has 120 valence electrons. The quantitative estimate of drug-likeness (QED) is 0.661. The molecule has 0 aliphatic heterocycles. The summed E-state index contributed by atoms with van der Waals surface area (Å²) in [6, 6.07) is 6.13. The molecule has 3 heteroatoms. The molecule has 4 rings (SSSR count). The molecule has 1 aliphatic rings. The average molecular weight is 323 g/mol. The minimum absolute atomic E-state index is 0.878. The van der Waals surface area contributed by atoms with Gasteiger partial charge in [-0.05, 0) is 18.2 Å². The molecule has 3 heterocycles. The molecular weight excluding hydrogens is 306 g/mol. The van der Waals surface area contributed by atoms with E-state index in [0.717, 1.165) is 33.2 Å². The average Bonchev–Trinajstić information content (AvgIpc) is 3.00. The fraction of sp³-hybridized carbons (Fsp3) is 0. The van der Waals surface area contributed by atoms with E-state index in [2.05, 4.69) is 34.3 Å². The molecule has 0 bridgehead atoms. The zero-order valence-corrected chi connectivity index (χ0v) is 13.6. The third-order valence-electron chi connectivity index (χ3n) is 4.00. The van der Waals surface area contributed by atoms with Crippen molar-refractivity contribution >= 4 is 27.5 Å². The van der Waals surface area contributed by atoms with E-state index in [4.69, 9.17) is 4.98 Å². The van der Waals surface area contributed by atoms with Gasteiger partial charge in [-0.2, -0.15) is 0 Å². The van der Waals surface area contributed by atoms with Crippen LogP contribution in [-0.2, 0) is 0 Å². The number of nitrogens with one attached hydrogen (secondary N) is 1. The van der Waals surface area contributed by atoms with Crippen molar-refractivity contribution in [2.24, 2.45) is 0 Å². The topological polar surface area (TPSA) is 41.6 Å². The number of hydrogen-bond acceptors (Lipinski definition) is 2. The van der Waals surface area contributed by atoms with Crippen LogP contribution < -0.4 is 0 Å². The monoisotopic (exact) mass is 323 g/mol. The third kappa shape index (κ3) is 3.26. The standard InChI is InChI=1S/C22H17N3/c1-2-4-6-8-10-17(11-9-7-5-3-1)20-13-12-18-19-16-23-15-14-21(19)25-22(18)24-20/h1-16H,(H,24,25)/b2-1?,3-1?,4-2?,5-3?,6-4-,7-5?,8-6?,9-7-,10-8-,11-9?,17-10?,17-11+.